The first-order valence-corrected chi connectivity index (χ1v) is 5.60. The lowest BCUT2D eigenvalue weighted by Gasteiger charge is -2.06. The van der Waals surface area contributed by atoms with Crippen molar-refractivity contribution in [2.24, 2.45) is 0 Å². The van der Waals surface area contributed by atoms with E-state index in [1.54, 1.807) is 13.1 Å². The van der Waals surface area contributed by atoms with Crippen molar-refractivity contribution in [1.82, 2.24) is 15.0 Å². The Morgan fingerprint density at radius 1 is 1.28 bits per heavy atom. The van der Waals surface area contributed by atoms with Crippen LogP contribution in [0.4, 0.5) is 16.2 Å². The van der Waals surface area contributed by atoms with Gasteiger partial charge in [-0.2, -0.15) is 4.98 Å². The Labute approximate surface area is 104 Å². The molecule has 0 bridgehead atoms. The second-order valence-corrected chi connectivity index (χ2v) is 3.64. The average molecular weight is 251 g/mol. The van der Waals surface area contributed by atoms with Crippen molar-refractivity contribution in [2.75, 3.05) is 17.2 Å². The molecule has 2 N–H and O–H groups in total. The van der Waals surface area contributed by atoms with E-state index < -0.39 is 5.82 Å². The molecule has 0 radical (unpaired) electrons. The molecule has 0 aliphatic heterocycles. The van der Waals surface area contributed by atoms with Crippen LogP contribution in [0.15, 0.2) is 16.8 Å². The minimum atomic E-state index is -0.514. The first-order valence-electron chi connectivity index (χ1n) is 5.60. The number of oxazole rings is 1. The molecule has 0 spiro atoms. The molecule has 0 fully saturated rings. The predicted octanol–water partition coefficient (Wildman–Crippen LogP) is 1.96. The van der Waals surface area contributed by atoms with Crippen LogP contribution in [0, 0.1) is 12.7 Å². The molecule has 96 valence electrons. The molecule has 7 heteroatoms. The van der Waals surface area contributed by atoms with Gasteiger partial charge in [-0.05, 0) is 13.8 Å². The Bertz CT molecular complexity index is 528. The van der Waals surface area contributed by atoms with Crippen LogP contribution < -0.4 is 10.6 Å². The number of aromatic nitrogens is 3. The van der Waals surface area contributed by atoms with E-state index in [1.165, 1.54) is 0 Å². The molecule has 0 aromatic carbocycles. The van der Waals surface area contributed by atoms with Gasteiger partial charge in [0.1, 0.15) is 5.76 Å². The van der Waals surface area contributed by atoms with E-state index >= 15 is 0 Å². The minimum Gasteiger partial charge on any atom is -0.444 e. The molecule has 2 aromatic heterocycles. The van der Waals surface area contributed by atoms with Crippen LogP contribution in [0.3, 0.4) is 0 Å². The molecule has 18 heavy (non-hydrogen) atoms. The van der Waals surface area contributed by atoms with Crippen LogP contribution in [0.25, 0.3) is 0 Å². The lowest BCUT2D eigenvalue weighted by Crippen LogP contribution is -2.08. The van der Waals surface area contributed by atoms with Crippen LogP contribution in [0.2, 0.25) is 0 Å². The normalized spacial score (nSPS) is 10.4. The monoisotopic (exact) mass is 251 g/mol. The Kier molecular flexibility index (Phi) is 3.71. The Morgan fingerprint density at radius 2 is 2.11 bits per heavy atom. The zero-order valence-electron chi connectivity index (χ0n) is 10.2. The smallest absolute Gasteiger partial charge is 0.224 e. The summed E-state index contributed by atoms with van der Waals surface area (Å²) in [7, 11) is 0. The molecule has 0 amide bonds. The minimum absolute atomic E-state index is 0.122. The van der Waals surface area contributed by atoms with Gasteiger partial charge in [-0.25, -0.2) is 14.4 Å². The molecule has 0 atom stereocenters. The third-order valence-corrected chi connectivity index (χ3v) is 2.16. The van der Waals surface area contributed by atoms with Crippen molar-refractivity contribution in [3.63, 3.8) is 0 Å². The van der Waals surface area contributed by atoms with E-state index in [1.807, 2.05) is 6.92 Å². The second-order valence-electron chi connectivity index (χ2n) is 3.64. The molecule has 0 saturated carbocycles. The Balaban J connectivity index is 2.05. The van der Waals surface area contributed by atoms with Crippen molar-refractivity contribution in [3.05, 3.63) is 29.9 Å². The highest BCUT2D eigenvalue weighted by Crippen LogP contribution is 2.13. The molecule has 0 unspecified atom stereocenters. The molecular formula is C11H14FN5O. The highest BCUT2D eigenvalue weighted by atomic mass is 19.1. The molecule has 2 aromatic rings. The topological polar surface area (TPSA) is 75.9 Å². The fraction of sp³-hybridized carbons (Fsp3) is 0.364. The quantitative estimate of drug-likeness (QED) is 0.846. The van der Waals surface area contributed by atoms with Crippen LogP contribution in [-0.4, -0.2) is 21.5 Å². The molecule has 2 heterocycles. The molecule has 0 aliphatic rings. The number of nitrogens with one attached hydrogen (secondary N) is 2. The maximum atomic E-state index is 13.5. The van der Waals surface area contributed by atoms with Gasteiger partial charge < -0.3 is 15.1 Å². The van der Waals surface area contributed by atoms with Gasteiger partial charge in [-0.1, -0.05) is 0 Å². The van der Waals surface area contributed by atoms with Crippen LogP contribution in [-0.2, 0) is 6.54 Å². The second kappa shape index (κ2) is 5.44. The largest absolute Gasteiger partial charge is 0.444 e. The van der Waals surface area contributed by atoms with Gasteiger partial charge in [0.25, 0.3) is 0 Å². The summed E-state index contributed by atoms with van der Waals surface area (Å²) < 4.78 is 18.7. The number of anilines is 2. The van der Waals surface area contributed by atoms with E-state index in [-0.39, 0.29) is 12.4 Å². The van der Waals surface area contributed by atoms with E-state index in [2.05, 4.69) is 25.6 Å². The van der Waals surface area contributed by atoms with Crippen molar-refractivity contribution in [3.8, 4) is 0 Å². The summed E-state index contributed by atoms with van der Waals surface area (Å²) in [4.78, 5) is 11.8. The number of rotatable bonds is 5. The first-order chi connectivity index (χ1) is 8.69. The Morgan fingerprint density at radius 3 is 2.78 bits per heavy atom. The summed E-state index contributed by atoms with van der Waals surface area (Å²) in [5, 5.41) is 5.73. The molecule has 2 rings (SSSR count). The van der Waals surface area contributed by atoms with E-state index in [9.17, 15) is 4.39 Å². The zero-order chi connectivity index (χ0) is 13.0. The maximum Gasteiger partial charge on any atom is 0.224 e. The summed E-state index contributed by atoms with van der Waals surface area (Å²) in [6.45, 7) is 4.65. The predicted molar refractivity (Wildman–Crippen MR) is 64.7 cm³/mol. The van der Waals surface area contributed by atoms with Crippen molar-refractivity contribution in [1.29, 1.82) is 0 Å². The van der Waals surface area contributed by atoms with E-state index in [0.29, 0.717) is 24.1 Å². The Hall–Kier alpha value is -2.18. The van der Waals surface area contributed by atoms with Gasteiger partial charge in [0.05, 0.1) is 18.9 Å². The average Bonchev–Trinajstić information content (AvgIpc) is 2.76. The van der Waals surface area contributed by atoms with Crippen molar-refractivity contribution < 1.29 is 8.81 Å². The van der Waals surface area contributed by atoms with Crippen molar-refractivity contribution >= 4 is 11.8 Å². The molecule has 6 nitrogen and oxygen atoms in total. The van der Waals surface area contributed by atoms with E-state index in [4.69, 9.17) is 4.42 Å². The van der Waals surface area contributed by atoms with Gasteiger partial charge in [0.15, 0.2) is 11.6 Å². The molecule has 0 saturated heterocycles. The lowest BCUT2D eigenvalue weighted by molar-refractivity contribution is 0.478. The van der Waals surface area contributed by atoms with Crippen LogP contribution in [0.1, 0.15) is 18.6 Å². The summed E-state index contributed by atoms with van der Waals surface area (Å²) in [5.74, 6) is 1.18. The summed E-state index contributed by atoms with van der Waals surface area (Å²) >= 11 is 0. The third-order valence-electron chi connectivity index (χ3n) is 2.16. The standard InChI is InChI=1S/C11H14FN5O/c1-3-13-11-16-5-8(12)10(17-11)15-6-9-14-4-7(2)18-9/h4-5H,3,6H2,1-2H3,(H2,13,15,16,17). The highest BCUT2D eigenvalue weighted by Gasteiger charge is 2.07. The summed E-state index contributed by atoms with van der Waals surface area (Å²) in [5.41, 5.74) is 0. The zero-order valence-corrected chi connectivity index (χ0v) is 10.2. The van der Waals surface area contributed by atoms with Gasteiger partial charge in [0, 0.05) is 6.54 Å². The van der Waals surface area contributed by atoms with Gasteiger partial charge in [-0.3, -0.25) is 0 Å². The van der Waals surface area contributed by atoms with Gasteiger partial charge >= 0.3 is 0 Å². The number of aryl methyl sites for hydroxylation is 1. The summed E-state index contributed by atoms with van der Waals surface area (Å²) in [6.07, 6.45) is 2.73. The summed E-state index contributed by atoms with van der Waals surface area (Å²) in [6, 6.07) is 0. The molecule has 0 aliphatic carbocycles. The third kappa shape index (κ3) is 2.93. The number of halogens is 1. The number of hydrogen-bond acceptors (Lipinski definition) is 6. The fourth-order valence-corrected chi connectivity index (χ4v) is 1.38. The maximum absolute atomic E-state index is 13.5. The van der Waals surface area contributed by atoms with Crippen LogP contribution in [0.5, 0.6) is 0 Å². The number of nitrogens with zero attached hydrogens (tertiary/aromatic N) is 3. The highest BCUT2D eigenvalue weighted by molar-refractivity contribution is 5.40. The SMILES string of the molecule is CCNc1ncc(F)c(NCc2ncc(C)o2)n1. The number of hydrogen-bond donors (Lipinski definition) is 2. The van der Waals surface area contributed by atoms with Gasteiger partial charge in [-0.15, -0.1) is 0 Å². The van der Waals surface area contributed by atoms with Crippen LogP contribution >= 0.6 is 0 Å². The fourth-order valence-electron chi connectivity index (χ4n) is 1.38. The first kappa shape index (κ1) is 12.3. The van der Waals surface area contributed by atoms with Gasteiger partial charge in [0.2, 0.25) is 11.8 Å². The molecular weight excluding hydrogens is 237 g/mol. The van der Waals surface area contributed by atoms with E-state index in [0.717, 1.165) is 6.20 Å². The van der Waals surface area contributed by atoms with Crippen molar-refractivity contribution in [2.45, 2.75) is 20.4 Å². The lowest BCUT2D eigenvalue weighted by atomic mass is 10.5.